The fourth-order valence-electron chi connectivity index (χ4n) is 9.16. The van der Waals surface area contributed by atoms with Crippen LogP contribution >= 0.6 is 0 Å². The molecule has 3 heteroatoms. The Labute approximate surface area is 360 Å². The van der Waals surface area contributed by atoms with Crippen LogP contribution in [0.3, 0.4) is 0 Å². The normalized spacial score (nSPS) is 11.5. The van der Waals surface area contributed by atoms with Gasteiger partial charge in [0.2, 0.25) is 0 Å². The van der Waals surface area contributed by atoms with Gasteiger partial charge in [0.15, 0.2) is 17.5 Å². The molecule has 0 fully saturated rings. The molecule has 1 heterocycles. The zero-order valence-electron chi connectivity index (χ0n) is 33.7. The SMILES string of the molecule is c1ccc(-c2ccc(-c3nc(-c4ccccc4)nc(-c4cccc(-c5cc(-c6ccc(-c7ccc8c(c7)-c7cccc9cccc-8c79)cc6)cc6ccccc56)c4)n3)cc2)cc1. The van der Waals surface area contributed by atoms with Crippen LogP contribution in [0.2, 0.25) is 0 Å². The van der Waals surface area contributed by atoms with Gasteiger partial charge in [-0.1, -0.05) is 200 Å². The second-order valence-electron chi connectivity index (χ2n) is 16.0. The number of hydrogen-bond acceptors (Lipinski definition) is 3. The van der Waals surface area contributed by atoms with Gasteiger partial charge in [0.05, 0.1) is 0 Å². The second kappa shape index (κ2) is 14.8. The van der Waals surface area contributed by atoms with E-state index in [2.05, 4.69) is 188 Å². The molecule has 0 spiro atoms. The summed E-state index contributed by atoms with van der Waals surface area (Å²) in [6.07, 6.45) is 0. The number of fused-ring (bicyclic) bond motifs is 4. The lowest BCUT2D eigenvalue weighted by molar-refractivity contribution is 1.07. The molecule has 0 aliphatic heterocycles. The Hall–Kier alpha value is -8.27. The van der Waals surface area contributed by atoms with Gasteiger partial charge in [0, 0.05) is 16.7 Å². The largest absolute Gasteiger partial charge is 0.208 e. The molecule has 0 atom stereocenters. The van der Waals surface area contributed by atoms with Crippen molar-refractivity contribution in [3.05, 3.63) is 224 Å². The van der Waals surface area contributed by atoms with Gasteiger partial charge in [-0.25, -0.2) is 15.0 Å². The maximum absolute atomic E-state index is 5.11. The minimum atomic E-state index is 0.631. The number of hydrogen-bond donors (Lipinski definition) is 0. The van der Waals surface area contributed by atoms with Crippen molar-refractivity contribution in [2.75, 3.05) is 0 Å². The van der Waals surface area contributed by atoms with Crippen molar-refractivity contribution in [1.82, 2.24) is 15.0 Å². The summed E-state index contributed by atoms with van der Waals surface area (Å²) in [7, 11) is 0. The van der Waals surface area contributed by atoms with Crippen molar-refractivity contribution in [3.63, 3.8) is 0 Å². The van der Waals surface area contributed by atoms with E-state index in [9.17, 15) is 0 Å². The molecule has 0 saturated heterocycles. The first-order valence-electron chi connectivity index (χ1n) is 21.1. The highest BCUT2D eigenvalue weighted by Gasteiger charge is 2.21. The van der Waals surface area contributed by atoms with E-state index in [0.717, 1.165) is 33.4 Å². The molecule has 62 heavy (non-hydrogen) atoms. The summed E-state index contributed by atoms with van der Waals surface area (Å²) < 4.78 is 0. The number of benzene rings is 10. The van der Waals surface area contributed by atoms with Crippen LogP contribution < -0.4 is 0 Å². The molecule has 0 radical (unpaired) electrons. The Kier molecular flexibility index (Phi) is 8.50. The van der Waals surface area contributed by atoms with Crippen LogP contribution in [0, 0.1) is 0 Å². The van der Waals surface area contributed by atoms with Gasteiger partial charge < -0.3 is 0 Å². The lowest BCUT2D eigenvalue weighted by Gasteiger charge is -2.14. The van der Waals surface area contributed by atoms with Gasteiger partial charge in [0.1, 0.15) is 0 Å². The molecule has 0 N–H and O–H groups in total. The second-order valence-corrected chi connectivity index (χ2v) is 16.0. The average Bonchev–Trinajstić information content (AvgIpc) is 3.68. The van der Waals surface area contributed by atoms with Gasteiger partial charge >= 0.3 is 0 Å². The van der Waals surface area contributed by atoms with Crippen molar-refractivity contribution >= 4 is 21.5 Å². The fraction of sp³-hybridized carbons (Fsp3) is 0. The van der Waals surface area contributed by atoms with Crippen molar-refractivity contribution < 1.29 is 0 Å². The van der Waals surface area contributed by atoms with Crippen molar-refractivity contribution in [1.29, 1.82) is 0 Å². The lowest BCUT2D eigenvalue weighted by Crippen LogP contribution is -2.00. The summed E-state index contributed by atoms with van der Waals surface area (Å²) in [6, 6.07) is 80.1. The molecule has 12 rings (SSSR count). The third kappa shape index (κ3) is 6.27. The third-order valence-electron chi connectivity index (χ3n) is 12.3. The first-order chi connectivity index (χ1) is 30.7. The van der Waals surface area contributed by atoms with Crippen molar-refractivity contribution in [3.8, 4) is 101 Å². The van der Waals surface area contributed by atoms with Gasteiger partial charge in [-0.3, -0.25) is 0 Å². The Morgan fingerprint density at radius 1 is 0.210 bits per heavy atom. The Morgan fingerprint density at radius 2 is 0.661 bits per heavy atom. The Balaban J connectivity index is 0.909. The number of nitrogens with zero attached hydrogens (tertiary/aromatic N) is 3. The zero-order chi connectivity index (χ0) is 41.0. The molecule has 288 valence electrons. The van der Waals surface area contributed by atoms with Crippen molar-refractivity contribution in [2.24, 2.45) is 0 Å². The maximum atomic E-state index is 5.11. The molecule has 1 aliphatic rings. The van der Waals surface area contributed by atoms with E-state index in [1.54, 1.807) is 0 Å². The molecule has 11 aromatic rings. The summed E-state index contributed by atoms with van der Waals surface area (Å²) >= 11 is 0. The summed E-state index contributed by atoms with van der Waals surface area (Å²) in [5.74, 6) is 1.91. The predicted octanol–water partition coefficient (Wildman–Crippen LogP) is 15.5. The zero-order valence-corrected chi connectivity index (χ0v) is 33.7. The van der Waals surface area contributed by atoms with E-state index in [1.165, 1.54) is 71.6 Å². The minimum Gasteiger partial charge on any atom is -0.208 e. The van der Waals surface area contributed by atoms with E-state index < -0.39 is 0 Å². The third-order valence-corrected chi connectivity index (χ3v) is 12.3. The van der Waals surface area contributed by atoms with Crippen LogP contribution in [0.15, 0.2) is 224 Å². The monoisotopic (exact) mass is 787 g/mol. The molecule has 1 aliphatic carbocycles. The van der Waals surface area contributed by atoms with E-state index in [4.69, 9.17) is 15.0 Å². The first kappa shape index (κ1) is 35.7. The van der Waals surface area contributed by atoms with Gasteiger partial charge in [-0.15, -0.1) is 0 Å². The smallest absolute Gasteiger partial charge is 0.164 e. The maximum Gasteiger partial charge on any atom is 0.164 e. The Morgan fingerprint density at radius 3 is 1.37 bits per heavy atom. The molecule has 0 saturated carbocycles. The van der Waals surface area contributed by atoms with Crippen LogP contribution in [0.25, 0.3) is 122 Å². The molecular weight excluding hydrogens is 751 g/mol. The fourth-order valence-corrected chi connectivity index (χ4v) is 9.16. The highest BCUT2D eigenvalue weighted by Crippen LogP contribution is 2.48. The van der Waals surface area contributed by atoms with E-state index >= 15 is 0 Å². The predicted molar refractivity (Wildman–Crippen MR) is 257 cm³/mol. The van der Waals surface area contributed by atoms with Crippen LogP contribution in [-0.2, 0) is 0 Å². The van der Waals surface area contributed by atoms with Gasteiger partial charge in [-0.2, -0.15) is 0 Å². The van der Waals surface area contributed by atoms with Crippen molar-refractivity contribution in [2.45, 2.75) is 0 Å². The summed E-state index contributed by atoms with van der Waals surface area (Å²) in [6.45, 7) is 0. The summed E-state index contributed by atoms with van der Waals surface area (Å²) in [4.78, 5) is 15.2. The van der Waals surface area contributed by atoms with Gasteiger partial charge in [-0.05, 0) is 113 Å². The summed E-state index contributed by atoms with van der Waals surface area (Å²) in [5, 5.41) is 5.03. The van der Waals surface area contributed by atoms with E-state index in [0.29, 0.717) is 17.5 Å². The topological polar surface area (TPSA) is 38.7 Å². The molecule has 0 bridgehead atoms. The average molecular weight is 788 g/mol. The quantitative estimate of drug-likeness (QED) is 0.161. The molecule has 0 unspecified atom stereocenters. The minimum absolute atomic E-state index is 0.631. The highest BCUT2D eigenvalue weighted by atomic mass is 15.0. The van der Waals surface area contributed by atoms with Gasteiger partial charge in [0.25, 0.3) is 0 Å². The van der Waals surface area contributed by atoms with Crippen LogP contribution in [0.4, 0.5) is 0 Å². The highest BCUT2D eigenvalue weighted by molar-refractivity contribution is 6.15. The summed E-state index contributed by atoms with van der Waals surface area (Å²) in [5.41, 5.74) is 17.4. The molecule has 1 aromatic heterocycles. The van der Waals surface area contributed by atoms with E-state index in [1.807, 2.05) is 36.4 Å². The standard InChI is InChI=1S/C59H37N3/c1-3-12-38(13-4-1)39-28-30-44(31-29-39)58-60-57(43-14-5-2-6-15-43)61-59(62-58)48-20-9-19-47(34-48)54-37-49(35-46-16-7-8-21-50(46)54)41-26-24-40(25-27-41)45-32-33-51-52-22-10-17-42-18-11-23-53(56(42)52)55(51)36-45/h1-37H. The molecule has 3 nitrogen and oxygen atoms in total. The molecular formula is C59H37N3. The lowest BCUT2D eigenvalue weighted by atomic mass is 9.91. The van der Waals surface area contributed by atoms with Crippen LogP contribution in [-0.4, -0.2) is 15.0 Å². The number of rotatable bonds is 7. The Bertz CT molecular complexity index is 3480. The first-order valence-corrected chi connectivity index (χ1v) is 21.1. The van der Waals surface area contributed by atoms with Crippen LogP contribution in [0.1, 0.15) is 0 Å². The number of aromatic nitrogens is 3. The van der Waals surface area contributed by atoms with Crippen LogP contribution in [0.5, 0.6) is 0 Å². The molecule has 0 amide bonds. The van der Waals surface area contributed by atoms with E-state index in [-0.39, 0.29) is 0 Å². The molecule has 10 aromatic carbocycles.